The summed E-state index contributed by atoms with van der Waals surface area (Å²) in [5, 5.41) is 0. The average molecular weight is 917 g/mol. The van der Waals surface area contributed by atoms with Crippen molar-refractivity contribution in [3.05, 3.63) is 97.2 Å². The highest BCUT2D eigenvalue weighted by Crippen LogP contribution is 2.15. The summed E-state index contributed by atoms with van der Waals surface area (Å²) in [7, 11) is 0. The minimum absolute atomic E-state index is 0.0583. The van der Waals surface area contributed by atoms with Gasteiger partial charge in [-0.3, -0.25) is 9.59 Å². The highest BCUT2D eigenvalue weighted by Gasteiger charge is 2.17. The number of hydrogen-bond donors (Lipinski definition) is 0. The van der Waals surface area contributed by atoms with Crippen LogP contribution in [0.25, 0.3) is 0 Å². The van der Waals surface area contributed by atoms with E-state index >= 15 is 0 Å². The Morgan fingerprint density at radius 3 is 1.11 bits per heavy atom. The molecule has 0 rings (SSSR count). The molecule has 0 heterocycles. The Kier molecular flexibility index (Phi) is 53.4. The van der Waals surface area contributed by atoms with E-state index in [-0.39, 0.29) is 25.2 Å². The van der Waals surface area contributed by atoms with Gasteiger partial charge in [0, 0.05) is 19.4 Å². The van der Waals surface area contributed by atoms with Gasteiger partial charge in [-0.05, 0) is 96.3 Å². The molecule has 1 atom stereocenters. The number of carbonyl (C=O) groups excluding carboxylic acids is 2. The minimum Gasteiger partial charge on any atom is -0.462 e. The van der Waals surface area contributed by atoms with Crippen molar-refractivity contribution < 1.29 is 23.8 Å². The largest absolute Gasteiger partial charge is 0.462 e. The van der Waals surface area contributed by atoms with Crippen molar-refractivity contribution in [2.24, 2.45) is 0 Å². The van der Waals surface area contributed by atoms with Crippen molar-refractivity contribution in [3.8, 4) is 0 Å². The van der Waals surface area contributed by atoms with Crippen LogP contribution in [0.1, 0.15) is 252 Å². The van der Waals surface area contributed by atoms with Gasteiger partial charge in [-0.15, -0.1) is 0 Å². The minimum atomic E-state index is -0.563. The smallest absolute Gasteiger partial charge is 0.306 e. The van der Waals surface area contributed by atoms with Crippen molar-refractivity contribution >= 4 is 11.9 Å². The lowest BCUT2D eigenvalue weighted by atomic mass is 10.0. The van der Waals surface area contributed by atoms with Crippen molar-refractivity contribution in [2.45, 2.75) is 258 Å². The average Bonchev–Trinajstić information content (AvgIpc) is 3.32. The summed E-state index contributed by atoms with van der Waals surface area (Å²) in [4.78, 5) is 25.5. The van der Waals surface area contributed by atoms with E-state index in [1.54, 1.807) is 0 Å². The molecule has 1 unspecified atom stereocenters. The Bertz CT molecular complexity index is 1270. The van der Waals surface area contributed by atoms with Crippen LogP contribution in [-0.4, -0.2) is 37.9 Å². The zero-order valence-corrected chi connectivity index (χ0v) is 43.4. The zero-order chi connectivity index (χ0) is 47.7. The van der Waals surface area contributed by atoms with Crippen LogP contribution in [0.3, 0.4) is 0 Å². The molecule has 0 aliphatic rings. The highest BCUT2D eigenvalue weighted by atomic mass is 16.6. The van der Waals surface area contributed by atoms with Crippen LogP contribution in [0.15, 0.2) is 97.2 Å². The molecule has 0 N–H and O–H groups in total. The van der Waals surface area contributed by atoms with Crippen LogP contribution >= 0.6 is 0 Å². The van der Waals surface area contributed by atoms with Gasteiger partial charge in [0.05, 0.1) is 6.61 Å². The lowest BCUT2D eigenvalue weighted by molar-refractivity contribution is -0.163. The number of ether oxygens (including phenoxy) is 3. The second-order valence-corrected chi connectivity index (χ2v) is 18.1. The Balaban J connectivity index is 4.36. The first-order valence-corrected chi connectivity index (χ1v) is 27.8. The molecule has 66 heavy (non-hydrogen) atoms. The molecule has 0 aromatic carbocycles. The van der Waals surface area contributed by atoms with Crippen LogP contribution in [0, 0.1) is 0 Å². The topological polar surface area (TPSA) is 61.8 Å². The number of rotatable bonds is 50. The predicted octanol–water partition coefficient (Wildman–Crippen LogP) is 19.0. The molecule has 0 spiro atoms. The van der Waals surface area contributed by atoms with E-state index < -0.39 is 6.10 Å². The molecule has 0 saturated heterocycles. The number of esters is 2. The maximum Gasteiger partial charge on any atom is 0.306 e. The van der Waals surface area contributed by atoms with Crippen LogP contribution < -0.4 is 0 Å². The summed E-state index contributed by atoms with van der Waals surface area (Å²) in [5.74, 6) is -0.451. The van der Waals surface area contributed by atoms with Crippen molar-refractivity contribution in [3.63, 3.8) is 0 Å². The van der Waals surface area contributed by atoms with Crippen LogP contribution in [0.2, 0.25) is 0 Å². The quantitative estimate of drug-likeness (QED) is 0.0346. The maximum absolute atomic E-state index is 12.8. The third-order valence-electron chi connectivity index (χ3n) is 11.6. The van der Waals surface area contributed by atoms with E-state index in [2.05, 4.69) is 118 Å². The molecule has 0 aromatic rings. The van der Waals surface area contributed by atoms with Gasteiger partial charge in [0.2, 0.25) is 0 Å². The molecule has 0 amide bonds. The molecule has 0 aliphatic carbocycles. The molecule has 0 radical (unpaired) electrons. The van der Waals surface area contributed by atoms with Crippen LogP contribution in [0.4, 0.5) is 0 Å². The van der Waals surface area contributed by atoms with E-state index in [1.165, 1.54) is 103 Å². The lowest BCUT2D eigenvalue weighted by Crippen LogP contribution is -2.30. The van der Waals surface area contributed by atoms with Crippen LogP contribution in [0.5, 0.6) is 0 Å². The number of unbranched alkanes of at least 4 members (excludes halogenated alkanes) is 23. The molecule has 0 fully saturated rings. The van der Waals surface area contributed by atoms with Crippen LogP contribution in [-0.2, 0) is 23.8 Å². The van der Waals surface area contributed by atoms with Gasteiger partial charge in [-0.1, -0.05) is 240 Å². The molecule has 0 aromatic heterocycles. The molecule has 5 heteroatoms. The molecule has 0 bridgehead atoms. The van der Waals surface area contributed by atoms with Crippen molar-refractivity contribution in [2.75, 3.05) is 19.8 Å². The van der Waals surface area contributed by atoms with E-state index in [0.717, 1.165) is 116 Å². The van der Waals surface area contributed by atoms with Gasteiger partial charge < -0.3 is 14.2 Å². The third kappa shape index (κ3) is 53.4. The predicted molar refractivity (Wildman–Crippen MR) is 288 cm³/mol. The molecule has 5 nitrogen and oxygen atoms in total. The van der Waals surface area contributed by atoms with Gasteiger partial charge >= 0.3 is 11.9 Å². The summed E-state index contributed by atoms with van der Waals surface area (Å²) in [6.07, 6.45) is 75.6. The van der Waals surface area contributed by atoms with E-state index in [4.69, 9.17) is 14.2 Å². The molecular weight excluding hydrogens is 813 g/mol. The number of allylic oxidation sites excluding steroid dienone is 16. The fourth-order valence-electron chi connectivity index (χ4n) is 7.55. The van der Waals surface area contributed by atoms with Crippen molar-refractivity contribution in [1.29, 1.82) is 0 Å². The monoisotopic (exact) mass is 917 g/mol. The molecule has 378 valence electrons. The maximum atomic E-state index is 12.8. The van der Waals surface area contributed by atoms with E-state index in [9.17, 15) is 9.59 Å². The Morgan fingerprint density at radius 1 is 0.348 bits per heavy atom. The highest BCUT2D eigenvalue weighted by molar-refractivity contribution is 5.70. The fraction of sp³-hybridized carbons (Fsp3) is 0.705. The molecule has 0 saturated carbocycles. The van der Waals surface area contributed by atoms with Crippen molar-refractivity contribution in [1.82, 2.24) is 0 Å². The summed E-state index contributed by atoms with van der Waals surface area (Å²) < 4.78 is 17.4. The lowest BCUT2D eigenvalue weighted by Gasteiger charge is -2.18. The van der Waals surface area contributed by atoms with Gasteiger partial charge in [-0.2, -0.15) is 0 Å². The molecule has 0 aliphatic heterocycles. The van der Waals surface area contributed by atoms with Gasteiger partial charge in [0.25, 0.3) is 0 Å². The second-order valence-electron chi connectivity index (χ2n) is 18.1. The normalized spacial score (nSPS) is 13.0. The first-order valence-electron chi connectivity index (χ1n) is 27.8. The third-order valence-corrected chi connectivity index (χ3v) is 11.6. The SMILES string of the molecule is CC/C=C\C/C=C\C/C=C\C/C=C\C/C=C\CCCCCC(=O)OCC(COCCCCCCCCCCCCCCCCCC)OC(=O)CCCCCCC/C=C\C/C=C\C/C=C\CC. The summed E-state index contributed by atoms with van der Waals surface area (Å²) >= 11 is 0. The van der Waals surface area contributed by atoms with Gasteiger partial charge in [0.1, 0.15) is 6.61 Å². The van der Waals surface area contributed by atoms with E-state index in [0.29, 0.717) is 19.4 Å². The fourth-order valence-corrected chi connectivity index (χ4v) is 7.55. The summed E-state index contributed by atoms with van der Waals surface area (Å²) in [6.45, 7) is 7.57. The Morgan fingerprint density at radius 2 is 0.682 bits per heavy atom. The Labute approximate surface area is 409 Å². The second kappa shape index (κ2) is 56.1. The first-order chi connectivity index (χ1) is 32.6. The van der Waals surface area contributed by atoms with Gasteiger partial charge in [-0.25, -0.2) is 0 Å². The summed E-state index contributed by atoms with van der Waals surface area (Å²) in [5.41, 5.74) is 0. The summed E-state index contributed by atoms with van der Waals surface area (Å²) in [6, 6.07) is 0. The standard InChI is InChI=1S/C61H104O5/c1-4-7-10-13-16-19-22-25-28-30-31-32-34-36-39-42-45-48-51-54-60(62)65-58-59(57-64-56-53-50-47-44-41-38-35-29-26-23-20-17-14-11-8-5-2)66-61(63)55-52-49-46-43-40-37-33-27-24-21-18-15-12-9-6-3/h7,9-10,12,16,18-19,21,25,27-28,31-33,36,39,59H,4-6,8,11,13-15,17,20,22-24,26,29-30,34-35,37-38,40-58H2,1-3H3/b10-7-,12-9-,19-16-,21-18-,28-25-,32-31-,33-27-,39-36-. The zero-order valence-electron chi connectivity index (χ0n) is 43.4. The first kappa shape index (κ1) is 62.8. The van der Waals surface area contributed by atoms with E-state index in [1.807, 2.05) is 0 Å². The number of carbonyl (C=O) groups is 2. The Hall–Kier alpha value is -3.18. The van der Waals surface area contributed by atoms with Gasteiger partial charge in [0.15, 0.2) is 6.10 Å². The molecular formula is C61H104O5. The number of hydrogen-bond acceptors (Lipinski definition) is 5.